The summed E-state index contributed by atoms with van der Waals surface area (Å²) in [6.07, 6.45) is 4.75. The van der Waals surface area contributed by atoms with Crippen LogP contribution in [0.15, 0.2) is 24.5 Å². The number of rotatable bonds is 2. The number of hydrogen-bond acceptors (Lipinski definition) is 3. The van der Waals surface area contributed by atoms with Crippen molar-refractivity contribution >= 4 is 0 Å². The number of aliphatic hydroxyl groups is 1. The number of nitrogens with one attached hydrogen (secondary N) is 1. The first-order valence-corrected chi connectivity index (χ1v) is 5.55. The minimum Gasteiger partial charge on any atom is -0.396 e. The van der Waals surface area contributed by atoms with Crippen molar-refractivity contribution in [2.45, 2.75) is 19.4 Å². The molecule has 2 rings (SSSR count). The molecule has 0 spiro atoms. The number of pyridine rings is 1. The monoisotopic (exact) mass is 206 g/mol. The summed E-state index contributed by atoms with van der Waals surface area (Å²) < 4.78 is 0. The Morgan fingerprint density at radius 3 is 3.13 bits per heavy atom. The number of aromatic nitrogens is 1. The Morgan fingerprint density at radius 2 is 2.47 bits per heavy atom. The highest BCUT2D eigenvalue weighted by atomic mass is 16.3. The van der Waals surface area contributed by atoms with Gasteiger partial charge in [-0.05, 0) is 30.5 Å². The van der Waals surface area contributed by atoms with E-state index in [0.717, 1.165) is 13.0 Å². The number of piperidine rings is 1. The molecule has 1 aromatic heterocycles. The lowest BCUT2D eigenvalue weighted by molar-refractivity contribution is 0.136. The molecular formula is C12H18N2O. The highest BCUT2D eigenvalue weighted by molar-refractivity contribution is 5.15. The number of aliphatic hydroxyl groups excluding tert-OH is 1. The van der Waals surface area contributed by atoms with Crippen molar-refractivity contribution in [3.8, 4) is 0 Å². The van der Waals surface area contributed by atoms with Crippen LogP contribution in [-0.4, -0.2) is 23.2 Å². The van der Waals surface area contributed by atoms with Crippen LogP contribution in [-0.2, 0) is 0 Å². The standard InChI is InChI=1S/C12H18N2O/c1-9-5-11(8-15)12(14-6-9)10-3-2-4-13-7-10/h2-4,7,9,11-12,14-15H,5-6,8H2,1H3. The molecule has 2 heterocycles. The van der Waals surface area contributed by atoms with Crippen LogP contribution >= 0.6 is 0 Å². The average molecular weight is 206 g/mol. The third-order valence-electron chi connectivity index (χ3n) is 3.14. The predicted octanol–water partition coefficient (Wildman–Crippen LogP) is 1.36. The van der Waals surface area contributed by atoms with E-state index in [9.17, 15) is 5.11 Å². The average Bonchev–Trinajstić information content (AvgIpc) is 2.30. The molecule has 1 aliphatic heterocycles. The summed E-state index contributed by atoms with van der Waals surface area (Å²) >= 11 is 0. The summed E-state index contributed by atoms with van der Waals surface area (Å²) in [6.45, 7) is 3.49. The van der Waals surface area contributed by atoms with Crippen molar-refractivity contribution in [2.24, 2.45) is 11.8 Å². The first-order valence-electron chi connectivity index (χ1n) is 5.55. The van der Waals surface area contributed by atoms with Gasteiger partial charge < -0.3 is 10.4 Å². The highest BCUT2D eigenvalue weighted by Crippen LogP contribution is 2.30. The molecule has 0 amide bonds. The van der Waals surface area contributed by atoms with Gasteiger partial charge in [0.25, 0.3) is 0 Å². The molecule has 0 bridgehead atoms. The van der Waals surface area contributed by atoms with Crippen LogP contribution in [0.2, 0.25) is 0 Å². The number of hydrogen-bond donors (Lipinski definition) is 2. The molecule has 3 heteroatoms. The van der Waals surface area contributed by atoms with E-state index < -0.39 is 0 Å². The van der Waals surface area contributed by atoms with Gasteiger partial charge in [0.2, 0.25) is 0 Å². The Balaban J connectivity index is 2.14. The lowest BCUT2D eigenvalue weighted by Crippen LogP contribution is -2.40. The Kier molecular flexibility index (Phi) is 3.34. The van der Waals surface area contributed by atoms with Gasteiger partial charge in [0.1, 0.15) is 0 Å². The zero-order valence-corrected chi connectivity index (χ0v) is 9.06. The smallest absolute Gasteiger partial charge is 0.0477 e. The van der Waals surface area contributed by atoms with E-state index in [0.29, 0.717) is 11.8 Å². The van der Waals surface area contributed by atoms with Crippen molar-refractivity contribution in [2.75, 3.05) is 13.2 Å². The molecule has 3 nitrogen and oxygen atoms in total. The zero-order valence-electron chi connectivity index (χ0n) is 9.06. The maximum Gasteiger partial charge on any atom is 0.0477 e. The van der Waals surface area contributed by atoms with Crippen molar-refractivity contribution in [3.63, 3.8) is 0 Å². The third-order valence-corrected chi connectivity index (χ3v) is 3.14. The van der Waals surface area contributed by atoms with Crippen LogP contribution in [0.1, 0.15) is 24.9 Å². The first-order chi connectivity index (χ1) is 7.31. The minimum absolute atomic E-state index is 0.247. The molecule has 3 unspecified atom stereocenters. The van der Waals surface area contributed by atoms with Gasteiger partial charge in [0.15, 0.2) is 0 Å². The van der Waals surface area contributed by atoms with Crippen molar-refractivity contribution in [1.82, 2.24) is 10.3 Å². The summed E-state index contributed by atoms with van der Waals surface area (Å²) in [5.74, 6) is 0.966. The molecule has 0 aromatic carbocycles. The van der Waals surface area contributed by atoms with E-state index in [-0.39, 0.29) is 12.6 Å². The summed E-state index contributed by atoms with van der Waals surface area (Å²) in [7, 11) is 0. The third kappa shape index (κ3) is 2.36. The summed E-state index contributed by atoms with van der Waals surface area (Å²) in [4.78, 5) is 4.13. The van der Waals surface area contributed by atoms with Crippen molar-refractivity contribution in [3.05, 3.63) is 30.1 Å². The summed E-state index contributed by atoms with van der Waals surface area (Å²) in [5.41, 5.74) is 1.18. The molecule has 1 fully saturated rings. The maximum absolute atomic E-state index is 9.38. The molecule has 0 saturated carbocycles. The van der Waals surface area contributed by atoms with Gasteiger partial charge in [-0.3, -0.25) is 4.98 Å². The van der Waals surface area contributed by atoms with Crippen LogP contribution in [0.25, 0.3) is 0 Å². The largest absolute Gasteiger partial charge is 0.396 e. The Labute approximate surface area is 90.5 Å². The predicted molar refractivity (Wildman–Crippen MR) is 59.3 cm³/mol. The molecule has 1 saturated heterocycles. The lowest BCUT2D eigenvalue weighted by atomic mass is 9.83. The van der Waals surface area contributed by atoms with Crippen molar-refractivity contribution in [1.29, 1.82) is 0 Å². The molecule has 3 atom stereocenters. The number of nitrogens with zero attached hydrogens (tertiary/aromatic N) is 1. The van der Waals surface area contributed by atoms with Crippen molar-refractivity contribution < 1.29 is 5.11 Å². The molecule has 15 heavy (non-hydrogen) atoms. The Morgan fingerprint density at radius 1 is 1.60 bits per heavy atom. The maximum atomic E-state index is 9.38. The second-order valence-corrected chi connectivity index (χ2v) is 4.46. The molecule has 82 valence electrons. The van der Waals surface area contributed by atoms with Gasteiger partial charge >= 0.3 is 0 Å². The first kappa shape index (κ1) is 10.6. The second-order valence-electron chi connectivity index (χ2n) is 4.46. The molecular weight excluding hydrogens is 188 g/mol. The highest BCUT2D eigenvalue weighted by Gasteiger charge is 2.28. The molecule has 2 N–H and O–H groups in total. The van der Waals surface area contributed by atoms with Gasteiger partial charge in [0, 0.05) is 31.0 Å². The SMILES string of the molecule is CC1CNC(c2cccnc2)C(CO)C1. The molecule has 0 aliphatic carbocycles. The van der Waals surface area contributed by atoms with E-state index in [1.54, 1.807) is 6.20 Å². The minimum atomic E-state index is 0.247. The summed E-state index contributed by atoms with van der Waals surface area (Å²) in [5, 5.41) is 12.9. The van der Waals surface area contributed by atoms with Crippen LogP contribution < -0.4 is 5.32 Å². The Bertz CT molecular complexity index is 302. The fourth-order valence-corrected chi connectivity index (χ4v) is 2.36. The topological polar surface area (TPSA) is 45.2 Å². The second kappa shape index (κ2) is 4.73. The Hall–Kier alpha value is -0.930. The van der Waals surface area contributed by atoms with Gasteiger partial charge in [-0.25, -0.2) is 0 Å². The van der Waals surface area contributed by atoms with Crippen LogP contribution in [0.4, 0.5) is 0 Å². The lowest BCUT2D eigenvalue weighted by Gasteiger charge is -2.35. The van der Waals surface area contributed by atoms with Gasteiger partial charge in [-0.2, -0.15) is 0 Å². The van der Waals surface area contributed by atoms with Gasteiger partial charge in [0.05, 0.1) is 0 Å². The quantitative estimate of drug-likeness (QED) is 0.768. The molecule has 1 aliphatic rings. The van der Waals surface area contributed by atoms with Crippen LogP contribution in [0, 0.1) is 11.8 Å². The fourth-order valence-electron chi connectivity index (χ4n) is 2.36. The van der Waals surface area contributed by atoms with Crippen LogP contribution in [0.5, 0.6) is 0 Å². The van der Waals surface area contributed by atoms with E-state index in [1.807, 2.05) is 12.3 Å². The van der Waals surface area contributed by atoms with Crippen LogP contribution in [0.3, 0.4) is 0 Å². The molecule has 0 radical (unpaired) electrons. The summed E-state index contributed by atoms with van der Waals surface area (Å²) in [6, 6.07) is 4.28. The zero-order chi connectivity index (χ0) is 10.7. The normalized spacial score (nSPS) is 31.5. The van der Waals surface area contributed by atoms with Gasteiger partial charge in [-0.1, -0.05) is 13.0 Å². The van der Waals surface area contributed by atoms with Gasteiger partial charge in [-0.15, -0.1) is 0 Å². The van der Waals surface area contributed by atoms with E-state index in [4.69, 9.17) is 0 Å². The fraction of sp³-hybridized carbons (Fsp3) is 0.583. The van der Waals surface area contributed by atoms with E-state index in [1.165, 1.54) is 5.56 Å². The van der Waals surface area contributed by atoms with E-state index in [2.05, 4.69) is 23.3 Å². The van der Waals surface area contributed by atoms with E-state index >= 15 is 0 Å². The molecule has 1 aromatic rings.